The Morgan fingerprint density at radius 2 is 1.75 bits per heavy atom. The standard InChI is InChI=1S/C6H11Cl.H4Si/c1-3-6(4-2)5-7;/h5H,3-4H2,1-2H3;1H4. The molecule has 2 heteroatoms. The van der Waals surface area contributed by atoms with Gasteiger partial charge in [0, 0.05) is 5.54 Å². The highest BCUT2D eigenvalue weighted by Crippen LogP contribution is 2.05. The Balaban J connectivity index is 0. The van der Waals surface area contributed by atoms with Crippen LogP contribution >= 0.6 is 11.6 Å². The second-order valence-electron chi connectivity index (χ2n) is 1.47. The minimum Gasteiger partial charge on any atom is -0.0930 e. The molecule has 0 spiro atoms. The highest BCUT2D eigenvalue weighted by atomic mass is 35.5. The van der Waals surface area contributed by atoms with Crippen LogP contribution in [-0.2, 0) is 0 Å². The van der Waals surface area contributed by atoms with Crippen molar-refractivity contribution in [2.45, 2.75) is 26.7 Å². The molecule has 0 atom stereocenters. The number of halogens is 1. The van der Waals surface area contributed by atoms with Crippen molar-refractivity contribution in [1.82, 2.24) is 0 Å². The highest BCUT2D eigenvalue weighted by molar-refractivity contribution is 6.25. The largest absolute Gasteiger partial charge is 0.0930 e. The SMILES string of the molecule is CCC(=CCl)CC.[SiH4]. The molecule has 0 amide bonds. The Kier molecular flexibility index (Phi) is 10.1. The molecule has 0 saturated carbocycles. The van der Waals surface area contributed by atoms with Crippen molar-refractivity contribution in [2.24, 2.45) is 0 Å². The molecule has 0 saturated heterocycles. The summed E-state index contributed by atoms with van der Waals surface area (Å²) in [5.74, 6) is 0. The van der Waals surface area contributed by atoms with Gasteiger partial charge in [-0.05, 0) is 23.8 Å². The van der Waals surface area contributed by atoms with Gasteiger partial charge in [0.25, 0.3) is 0 Å². The molecule has 0 unspecified atom stereocenters. The maximum absolute atomic E-state index is 5.41. The van der Waals surface area contributed by atoms with Crippen LogP contribution in [0, 0.1) is 0 Å². The van der Waals surface area contributed by atoms with Gasteiger partial charge in [-0.1, -0.05) is 31.0 Å². The summed E-state index contributed by atoms with van der Waals surface area (Å²) >= 11 is 5.41. The lowest BCUT2D eigenvalue weighted by atomic mass is 10.2. The zero-order chi connectivity index (χ0) is 5.70. The fourth-order valence-corrected chi connectivity index (χ4v) is 0.713. The van der Waals surface area contributed by atoms with E-state index in [1.54, 1.807) is 5.54 Å². The normalized spacial score (nSPS) is 7.38. The Labute approximate surface area is 61.0 Å². The van der Waals surface area contributed by atoms with Crippen molar-refractivity contribution in [3.63, 3.8) is 0 Å². The van der Waals surface area contributed by atoms with Gasteiger partial charge in [-0.2, -0.15) is 0 Å². The van der Waals surface area contributed by atoms with E-state index in [0.29, 0.717) is 0 Å². The van der Waals surface area contributed by atoms with E-state index in [9.17, 15) is 0 Å². The van der Waals surface area contributed by atoms with Crippen molar-refractivity contribution in [1.29, 1.82) is 0 Å². The minimum absolute atomic E-state index is 0. The van der Waals surface area contributed by atoms with Crippen LogP contribution in [0.2, 0.25) is 0 Å². The first kappa shape index (κ1) is 11.1. The Bertz CT molecular complexity index is 62.9. The maximum Gasteiger partial charge on any atom is 0.00342 e. The molecule has 8 heavy (non-hydrogen) atoms. The number of hydrogen-bond donors (Lipinski definition) is 0. The van der Waals surface area contributed by atoms with Gasteiger partial charge in [0.1, 0.15) is 0 Å². The molecule has 0 rings (SSSR count). The highest BCUT2D eigenvalue weighted by Gasteiger charge is 1.83. The van der Waals surface area contributed by atoms with E-state index < -0.39 is 0 Å². The van der Waals surface area contributed by atoms with Crippen LogP contribution in [0.1, 0.15) is 26.7 Å². The number of allylic oxidation sites excluding steroid dienone is 1. The molecule has 0 N–H and O–H groups in total. The smallest absolute Gasteiger partial charge is 0.00342 e. The van der Waals surface area contributed by atoms with Gasteiger partial charge in [0.05, 0.1) is 0 Å². The molecule has 0 fully saturated rings. The average Bonchev–Trinajstić information content (AvgIpc) is 1.72. The van der Waals surface area contributed by atoms with Crippen molar-refractivity contribution < 1.29 is 0 Å². The summed E-state index contributed by atoms with van der Waals surface area (Å²) in [7, 11) is 0. The summed E-state index contributed by atoms with van der Waals surface area (Å²) in [4.78, 5) is 0. The van der Waals surface area contributed by atoms with Crippen LogP contribution in [0.4, 0.5) is 0 Å². The quantitative estimate of drug-likeness (QED) is 0.524. The van der Waals surface area contributed by atoms with Gasteiger partial charge in [0.2, 0.25) is 0 Å². The summed E-state index contributed by atoms with van der Waals surface area (Å²) in [5, 5.41) is 0. The maximum atomic E-state index is 5.41. The molecule has 0 radical (unpaired) electrons. The topological polar surface area (TPSA) is 0 Å². The van der Waals surface area contributed by atoms with Crippen molar-refractivity contribution in [3.05, 3.63) is 11.1 Å². The molecule has 0 heterocycles. The van der Waals surface area contributed by atoms with E-state index in [0.717, 1.165) is 12.8 Å². The predicted octanol–water partition coefficient (Wildman–Crippen LogP) is 1.48. The Morgan fingerprint density at radius 3 is 1.75 bits per heavy atom. The molecular formula is C6H15ClSi. The first-order chi connectivity index (χ1) is 3.35. The van der Waals surface area contributed by atoms with Crippen LogP contribution in [0.5, 0.6) is 0 Å². The zero-order valence-corrected chi connectivity index (χ0v) is 5.63. The van der Waals surface area contributed by atoms with Gasteiger partial charge < -0.3 is 0 Å². The lowest BCUT2D eigenvalue weighted by molar-refractivity contribution is 0.983. The molecule has 0 aromatic carbocycles. The fraction of sp³-hybridized carbons (Fsp3) is 0.667. The lowest BCUT2D eigenvalue weighted by Gasteiger charge is -1.91. The molecule has 0 aliphatic rings. The molecule has 0 bridgehead atoms. The van der Waals surface area contributed by atoms with E-state index in [1.807, 2.05) is 0 Å². The second kappa shape index (κ2) is 7.25. The first-order valence-electron chi connectivity index (χ1n) is 2.63. The van der Waals surface area contributed by atoms with Crippen LogP contribution < -0.4 is 0 Å². The van der Waals surface area contributed by atoms with Crippen LogP contribution in [0.3, 0.4) is 0 Å². The summed E-state index contributed by atoms with van der Waals surface area (Å²) in [6.07, 6.45) is 2.17. The van der Waals surface area contributed by atoms with Crippen molar-refractivity contribution >= 4 is 22.6 Å². The van der Waals surface area contributed by atoms with Gasteiger partial charge in [-0.25, -0.2) is 0 Å². The Morgan fingerprint density at radius 1 is 1.38 bits per heavy atom. The lowest BCUT2D eigenvalue weighted by Crippen LogP contribution is -1.71. The number of rotatable bonds is 2. The van der Waals surface area contributed by atoms with E-state index in [1.165, 1.54) is 5.57 Å². The average molecular weight is 151 g/mol. The third-order valence-corrected chi connectivity index (χ3v) is 1.37. The van der Waals surface area contributed by atoms with E-state index in [-0.39, 0.29) is 11.0 Å². The summed E-state index contributed by atoms with van der Waals surface area (Å²) in [5.41, 5.74) is 2.99. The van der Waals surface area contributed by atoms with E-state index in [4.69, 9.17) is 11.6 Å². The zero-order valence-electron chi connectivity index (χ0n) is 4.87. The minimum atomic E-state index is 0. The van der Waals surface area contributed by atoms with Crippen LogP contribution in [0.25, 0.3) is 0 Å². The first-order valence-corrected chi connectivity index (χ1v) is 3.06. The monoisotopic (exact) mass is 150 g/mol. The second-order valence-corrected chi connectivity index (χ2v) is 1.69. The van der Waals surface area contributed by atoms with Crippen molar-refractivity contribution in [3.8, 4) is 0 Å². The summed E-state index contributed by atoms with van der Waals surface area (Å²) in [6.45, 7) is 4.22. The fourth-order valence-electron chi connectivity index (χ4n) is 0.404. The summed E-state index contributed by atoms with van der Waals surface area (Å²) < 4.78 is 0. The molecule has 0 aromatic rings. The van der Waals surface area contributed by atoms with E-state index in [2.05, 4.69) is 13.8 Å². The van der Waals surface area contributed by atoms with Crippen molar-refractivity contribution in [2.75, 3.05) is 0 Å². The molecule has 0 aliphatic heterocycles. The molecule has 0 aliphatic carbocycles. The van der Waals surface area contributed by atoms with Gasteiger partial charge >= 0.3 is 0 Å². The van der Waals surface area contributed by atoms with Gasteiger partial charge in [-0.15, -0.1) is 0 Å². The van der Waals surface area contributed by atoms with Gasteiger partial charge in [-0.3, -0.25) is 0 Å². The predicted molar refractivity (Wildman–Crippen MR) is 45.9 cm³/mol. The molecule has 0 nitrogen and oxygen atoms in total. The third-order valence-electron chi connectivity index (χ3n) is 1.06. The number of hydrogen-bond acceptors (Lipinski definition) is 0. The summed E-state index contributed by atoms with van der Waals surface area (Å²) in [6, 6.07) is 0. The van der Waals surface area contributed by atoms with Crippen LogP contribution in [-0.4, -0.2) is 11.0 Å². The molecular weight excluding hydrogens is 136 g/mol. The molecule has 0 aromatic heterocycles. The Hall–Kier alpha value is 0.247. The van der Waals surface area contributed by atoms with Gasteiger partial charge in [0.15, 0.2) is 0 Å². The van der Waals surface area contributed by atoms with E-state index >= 15 is 0 Å². The third kappa shape index (κ3) is 4.41. The van der Waals surface area contributed by atoms with Crippen LogP contribution in [0.15, 0.2) is 11.1 Å². The molecule has 50 valence electrons.